The summed E-state index contributed by atoms with van der Waals surface area (Å²) in [6, 6.07) is 4.40. The van der Waals surface area contributed by atoms with Crippen molar-refractivity contribution in [2.24, 2.45) is 0 Å². The van der Waals surface area contributed by atoms with Crippen LogP contribution < -0.4 is 4.90 Å². The summed E-state index contributed by atoms with van der Waals surface area (Å²) >= 11 is 0. The Hall–Kier alpha value is -1.66. The number of non-ortho nitro benzene ring substituents is 1. The second kappa shape index (κ2) is 6.93. The van der Waals surface area contributed by atoms with Crippen LogP contribution in [-0.2, 0) is 6.61 Å². The van der Waals surface area contributed by atoms with Crippen LogP contribution in [0.2, 0.25) is 0 Å². The third-order valence-corrected chi connectivity index (χ3v) is 2.65. The summed E-state index contributed by atoms with van der Waals surface area (Å²) in [4.78, 5) is 12.1. The molecule has 2 N–H and O–H groups in total. The van der Waals surface area contributed by atoms with E-state index in [0.29, 0.717) is 12.1 Å². The minimum atomic E-state index is -0.487. The number of anilines is 1. The number of benzene rings is 1. The molecule has 1 aromatic carbocycles. The van der Waals surface area contributed by atoms with E-state index in [-0.39, 0.29) is 18.9 Å². The molecular weight excluding hydrogens is 236 g/mol. The molecule has 0 bridgehead atoms. The highest BCUT2D eigenvalue weighted by Gasteiger charge is 2.14. The standard InChI is InChI=1S/C12H18N2O4/c1-2-5-13(6-7-15)12-4-3-11(14(17)18)8-10(12)9-16/h3-4,8,15-16H,2,5-7,9H2,1H3. The molecule has 0 atom stereocenters. The minimum Gasteiger partial charge on any atom is -0.395 e. The Morgan fingerprint density at radius 1 is 1.33 bits per heavy atom. The van der Waals surface area contributed by atoms with Crippen molar-refractivity contribution < 1.29 is 15.1 Å². The van der Waals surface area contributed by atoms with E-state index in [1.165, 1.54) is 12.1 Å². The van der Waals surface area contributed by atoms with Crippen LogP contribution in [0, 0.1) is 10.1 Å². The topological polar surface area (TPSA) is 86.8 Å². The Morgan fingerprint density at radius 3 is 2.56 bits per heavy atom. The van der Waals surface area contributed by atoms with E-state index in [1.807, 2.05) is 11.8 Å². The average Bonchev–Trinajstić information content (AvgIpc) is 2.37. The van der Waals surface area contributed by atoms with Gasteiger partial charge in [-0.25, -0.2) is 0 Å². The number of rotatable bonds is 7. The van der Waals surface area contributed by atoms with Crippen LogP contribution in [0.4, 0.5) is 11.4 Å². The molecule has 0 aliphatic heterocycles. The van der Waals surface area contributed by atoms with Crippen LogP contribution in [-0.4, -0.2) is 34.8 Å². The number of hydrogen-bond acceptors (Lipinski definition) is 5. The van der Waals surface area contributed by atoms with Gasteiger partial charge in [-0.3, -0.25) is 10.1 Å². The predicted molar refractivity (Wildman–Crippen MR) is 68.6 cm³/mol. The average molecular weight is 254 g/mol. The number of nitro groups is 1. The smallest absolute Gasteiger partial charge is 0.269 e. The van der Waals surface area contributed by atoms with Crippen molar-refractivity contribution >= 4 is 11.4 Å². The second-order valence-electron chi connectivity index (χ2n) is 3.94. The highest BCUT2D eigenvalue weighted by atomic mass is 16.6. The number of aliphatic hydroxyl groups is 2. The summed E-state index contributed by atoms with van der Waals surface area (Å²) in [6.07, 6.45) is 0.891. The Balaban J connectivity index is 3.09. The van der Waals surface area contributed by atoms with Gasteiger partial charge in [0.05, 0.1) is 18.1 Å². The van der Waals surface area contributed by atoms with E-state index in [4.69, 9.17) is 5.11 Å². The zero-order valence-corrected chi connectivity index (χ0v) is 10.4. The lowest BCUT2D eigenvalue weighted by Crippen LogP contribution is -2.28. The van der Waals surface area contributed by atoms with Gasteiger partial charge in [-0.15, -0.1) is 0 Å². The highest BCUT2D eigenvalue weighted by Crippen LogP contribution is 2.25. The SMILES string of the molecule is CCCN(CCO)c1ccc([N+](=O)[O-])cc1CO. The monoisotopic (exact) mass is 254 g/mol. The van der Waals surface area contributed by atoms with E-state index < -0.39 is 4.92 Å². The molecule has 0 saturated heterocycles. The van der Waals surface area contributed by atoms with Crippen molar-refractivity contribution in [3.05, 3.63) is 33.9 Å². The molecule has 0 saturated carbocycles. The fourth-order valence-electron chi connectivity index (χ4n) is 1.86. The van der Waals surface area contributed by atoms with Crippen molar-refractivity contribution in [2.45, 2.75) is 20.0 Å². The molecule has 0 aliphatic rings. The quantitative estimate of drug-likeness (QED) is 0.565. The summed E-state index contributed by atoms with van der Waals surface area (Å²) in [5, 5.41) is 29.0. The third kappa shape index (κ3) is 3.41. The first kappa shape index (κ1) is 14.4. The van der Waals surface area contributed by atoms with Crippen LogP contribution >= 0.6 is 0 Å². The zero-order valence-electron chi connectivity index (χ0n) is 10.4. The van der Waals surface area contributed by atoms with Gasteiger partial charge in [0.1, 0.15) is 0 Å². The van der Waals surface area contributed by atoms with Gasteiger partial charge >= 0.3 is 0 Å². The number of nitro benzene ring substituents is 1. The molecule has 0 radical (unpaired) electrons. The number of hydrogen-bond donors (Lipinski definition) is 2. The van der Waals surface area contributed by atoms with Gasteiger partial charge < -0.3 is 15.1 Å². The van der Waals surface area contributed by atoms with Crippen LogP contribution in [0.5, 0.6) is 0 Å². The highest BCUT2D eigenvalue weighted by molar-refractivity contribution is 5.57. The summed E-state index contributed by atoms with van der Waals surface area (Å²) in [5.74, 6) is 0. The first-order chi connectivity index (χ1) is 8.63. The first-order valence-electron chi connectivity index (χ1n) is 5.88. The summed E-state index contributed by atoms with van der Waals surface area (Å²) in [5.41, 5.74) is 1.20. The number of aliphatic hydroxyl groups excluding tert-OH is 2. The molecule has 0 fully saturated rings. The summed E-state index contributed by atoms with van der Waals surface area (Å²) in [7, 11) is 0. The molecule has 100 valence electrons. The molecule has 6 heteroatoms. The van der Waals surface area contributed by atoms with Crippen molar-refractivity contribution in [1.29, 1.82) is 0 Å². The van der Waals surface area contributed by atoms with Gasteiger partial charge in [-0.05, 0) is 12.5 Å². The molecule has 18 heavy (non-hydrogen) atoms. The van der Waals surface area contributed by atoms with Crippen molar-refractivity contribution in [3.63, 3.8) is 0 Å². The van der Waals surface area contributed by atoms with Gasteiger partial charge in [0.25, 0.3) is 5.69 Å². The third-order valence-electron chi connectivity index (χ3n) is 2.65. The van der Waals surface area contributed by atoms with Gasteiger partial charge in [-0.2, -0.15) is 0 Å². The second-order valence-corrected chi connectivity index (χ2v) is 3.94. The lowest BCUT2D eigenvalue weighted by Gasteiger charge is -2.25. The normalized spacial score (nSPS) is 10.4. The van der Waals surface area contributed by atoms with Crippen molar-refractivity contribution in [3.8, 4) is 0 Å². The maximum absolute atomic E-state index is 10.7. The lowest BCUT2D eigenvalue weighted by atomic mass is 10.1. The van der Waals surface area contributed by atoms with E-state index in [2.05, 4.69) is 0 Å². The molecule has 0 aromatic heterocycles. The van der Waals surface area contributed by atoms with E-state index >= 15 is 0 Å². The van der Waals surface area contributed by atoms with E-state index in [1.54, 1.807) is 6.07 Å². The first-order valence-corrected chi connectivity index (χ1v) is 5.88. The molecule has 6 nitrogen and oxygen atoms in total. The van der Waals surface area contributed by atoms with Crippen LogP contribution in [0.25, 0.3) is 0 Å². The maximum Gasteiger partial charge on any atom is 0.269 e. The summed E-state index contributed by atoms with van der Waals surface area (Å²) < 4.78 is 0. The van der Waals surface area contributed by atoms with Gasteiger partial charge in [0.2, 0.25) is 0 Å². The predicted octanol–water partition coefficient (Wildman–Crippen LogP) is 1.30. The van der Waals surface area contributed by atoms with Gasteiger partial charge in [-0.1, -0.05) is 6.92 Å². The molecule has 1 aromatic rings. The van der Waals surface area contributed by atoms with Gasteiger partial charge in [0, 0.05) is 36.5 Å². The zero-order chi connectivity index (χ0) is 13.5. The maximum atomic E-state index is 10.7. The van der Waals surface area contributed by atoms with Crippen LogP contribution in [0.1, 0.15) is 18.9 Å². The van der Waals surface area contributed by atoms with E-state index in [0.717, 1.165) is 18.7 Å². The molecule has 0 spiro atoms. The Kier molecular flexibility index (Phi) is 5.54. The number of nitrogens with zero attached hydrogens (tertiary/aromatic N) is 2. The Labute approximate surface area is 106 Å². The summed E-state index contributed by atoms with van der Waals surface area (Å²) in [6.45, 7) is 2.92. The Morgan fingerprint density at radius 2 is 2.06 bits per heavy atom. The fourth-order valence-corrected chi connectivity index (χ4v) is 1.86. The van der Waals surface area contributed by atoms with Crippen LogP contribution in [0.15, 0.2) is 18.2 Å². The molecule has 1 rings (SSSR count). The van der Waals surface area contributed by atoms with E-state index in [9.17, 15) is 15.2 Å². The molecular formula is C12H18N2O4. The molecule has 0 amide bonds. The fraction of sp³-hybridized carbons (Fsp3) is 0.500. The lowest BCUT2D eigenvalue weighted by molar-refractivity contribution is -0.384. The molecule has 0 heterocycles. The van der Waals surface area contributed by atoms with Crippen LogP contribution in [0.3, 0.4) is 0 Å². The minimum absolute atomic E-state index is 0.00184. The van der Waals surface area contributed by atoms with Gasteiger partial charge in [0.15, 0.2) is 0 Å². The molecule has 0 unspecified atom stereocenters. The Bertz CT molecular complexity index is 403. The largest absolute Gasteiger partial charge is 0.395 e. The van der Waals surface area contributed by atoms with Crippen molar-refractivity contribution in [1.82, 2.24) is 0 Å². The van der Waals surface area contributed by atoms with Crippen molar-refractivity contribution in [2.75, 3.05) is 24.6 Å². The molecule has 0 aliphatic carbocycles.